The molecule has 2 rings (SSSR count). The summed E-state index contributed by atoms with van der Waals surface area (Å²) in [6.45, 7) is 4.19. The fourth-order valence-electron chi connectivity index (χ4n) is 3.01. The van der Waals surface area contributed by atoms with Gasteiger partial charge in [0.1, 0.15) is 0 Å². The molecular weight excluding hydrogens is 174 g/mol. The minimum absolute atomic E-state index is 0.107. The Morgan fingerprint density at radius 3 is 2.57 bits per heavy atom. The van der Waals surface area contributed by atoms with Crippen molar-refractivity contribution in [2.75, 3.05) is 0 Å². The van der Waals surface area contributed by atoms with Gasteiger partial charge in [0.05, 0.1) is 18.1 Å². The van der Waals surface area contributed by atoms with Crippen LogP contribution in [0.15, 0.2) is 11.1 Å². The summed E-state index contributed by atoms with van der Waals surface area (Å²) < 4.78 is 0. The summed E-state index contributed by atoms with van der Waals surface area (Å²) in [7, 11) is 0. The van der Waals surface area contributed by atoms with Crippen LogP contribution in [0.25, 0.3) is 0 Å². The van der Waals surface area contributed by atoms with Crippen LogP contribution in [0.3, 0.4) is 0 Å². The van der Waals surface area contributed by atoms with Crippen LogP contribution in [0, 0.1) is 22.7 Å². The third kappa shape index (κ3) is 1.12. The van der Waals surface area contributed by atoms with Gasteiger partial charge in [-0.25, -0.2) is 0 Å². The van der Waals surface area contributed by atoms with Crippen LogP contribution in [-0.4, -0.2) is 11.2 Å². The van der Waals surface area contributed by atoms with Crippen molar-refractivity contribution in [2.45, 2.75) is 45.6 Å². The number of nitriles is 1. The fourth-order valence-corrected chi connectivity index (χ4v) is 3.01. The van der Waals surface area contributed by atoms with E-state index in [2.05, 4.69) is 19.9 Å². The van der Waals surface area contributed by atoms with Crippen LogP contribution in [0.4, 0.5) is 0 Å². The predicted octanol–water partition coefficient (Wildman–Crippen LogP) is 2.40. The molecule has 2 aliphatic carbocycles. The monoisotopic (exact) mass is 191 g/mol. The van der Waals surface area contributed by atoms with Crippen molar-refractivity contribution in [3.8, 4) is 6.07 Å². The maximum atomic E-state index is 10.0. The highest BCUT2D eigenvalue weighted by Gasteiger charge is 2.47. The average molecular weight is 191 g/mol. The van der Waals surface area contributed by atoms with E-state index in [0.717, 1.165) is 12.8 Å². The summed E-state index contributed by atoms with van der Waals surface area (Å²) in [6, 6.07) is 2.27. The predicted molar refractivity (Wildman–Crippen MR) is 54.4 cm³/mol. The van der Waals surface area contributed by atoms with Crippen molar-refractivity contribution in [1.82, 2.24) is 0 Å². The Balaban J connectivity index is 2.42. The topological polar surface area (TPSA) is 44.0 Å². The largest absolute Gasteiger partial charge is 0.387 e. The van der Waals surface area contributed by atoms with E-state index >= 15 is 0 Å². The van der Waals surface area contributed by atoms with Crippen molar-refractivity contribution >= 4 is 0 Å². The van der Waals surface area contributed by atoms with Crippen LogP contribution >= 0.6 is 0 Å². The van der Waals surface area contributed by atoms with Gasteiger partial charge in [0, 0.05) is 5.41 Å². The lowest BCUT2D eigenvalue weighted by molar-refractivity contribution is 0.136. The van der Waals surface area contributed by atoms with E-state index in [1.165, 1.54) is 24.0 Å². The molecule has 0 radical (unpaired) electrons. The number of allylic oxidation sites excluding steroid dienone is 1. The zero-order valence-corrected chi connectivity index (χ0v) is 8.88. The molecule has 0 saturated carbocycles. The van der Waals surface area contributed by atoms with Gasteiger partial charge in [0.25, 0.3) is 0 Å². The second-order valence-corrected chi connectivity index (χ2v) is 4.98. The maximum absolute atomic E-state index is 10.0. The first-order valence-electron chi connectivity index (χ1n) is 5.39. The number of rotatable bonds is 0. The molecule has 0 aromatic rings. The molecule has 0 saturated heterocycles. The SMILES string of the molecule is CC1(C)C2=C(CCCC2)C(O)C1C#N. The molecular formula is C12H17NO. The Morgan fingerprint density at radius 2 is 2.00 bits per heavy atom. The molecule has 1 N–H and O–H groups in total. The van der Waals surface area contributed by atoms with Gasteiger partial charge in [-0.05, 0) is 31.3 Å². The molecule has 0 spiro atoms. The second-order valence-electron chi connectivity index (χ2n) is 4.98. The molecule has 2 aliphatic rings. The molecule has 0 aliphatic heterocycles. The van der Waals surface area contributed by atoms with Crippen molar-refractivity contribution in [1.29, 1.82) is 5.26 Å². The van der Waals surface area contributed by atoms with Gasteiger partial charge < -0.3 is 5.11 Å². The van der Waals surface area contributed by atoms with Gasteiger partial charge >= 0.3 is 0 Å². The summed E-state index contributed by atoms with van der Waals surface area (Å²) in [6.07, 6.45) is 3.97. The molecule has 0 bridgehead atoms. The van der Waals surface area contributed by atoms with Crippen LogP contribution in [0.5, 0.6) is 0 Å². The Morgan fingerprint density at radius 1 is 1.36 bits per heavy atom. The van der Waals surface area contributed by atoms with Gasteiger partial charge in [0.2, 0.25) is 0 Å². The van der Waals surface area contributed by atoms with E-state index < -0.39 is 6.10 Å². The summed E-state index contributed by atoms with van der Waals surface area (Å²) >= 11 is 0. The summed E-state index contributed by atoms with van der Waals surface area (Å²) in [5, 5.41) is 19.1. The lowest BCUT2D eigenvalue weighted by atomic mass is 9.75. The highest BCUT2D eigenvalue weighted by atomic mass is 16.3. The highest BCUT2D eigenvalue weighted by Crippen LogP contribution is 2.51. The first kappa shape index (κ1) is 9.73. The van der Waals surface area contributed by atoms with Gasteiger partial charge in [-0.15, -0.1) is 0 Å². The first-order valence-corrected chi connectivity index (χ1v) is 5.39. The minimum atomic E-state index is -0.495. The molecule has 0 aromatic heterocycles. The molecule has 2 heteroatoms. The van der Waals surface area contributed by atoms with Gasteiger partial charge in [-0.3, -0.25) is 0 Å². The molecule has 0 amide bonds. The second kappa shape index (κ2) is 3.10. The van der Waals surface area contributed by atoms with E-state index in [9.17, 15) is 5.11 Å². The van der Waals surface area contributed by atoms with Crippen LogP contribution in [0.1, 0.15) is 39.5 Å². The minimum Gasteiger partial charge on any atom is -0.387 e. The van der Waals surface area contributed by atoms with Gasteiger partial charge in [-0.2, -0.15) is 5.26 Å². The van der Waals surface area contributed by atoms with E-state index in [0.29, 0.717) is 0 Å². The molecule has 2 atom stereocenters. The zero-order chi connectivity index (χ0) is 10.3. The number of hydrogen-bond donors (Lipinski definition) is 1. The third-order valence-electron chi connectivity index (χ3n) is 3.88. The van der Waals surface area contributed by atoms with Crippen LogP contribution < -0.4 is 0 Å². The molecule has 2 nitrogen and oxygen atoms in total. The van der Waals surface area contributed by atoms with Crippen molar-refractivity contribution in [3.05, 3.63) is 11.1 Å². The molecule has 76 valence electrons. The van der Waals surface area contributed by atoms with Crippen LogP contribution in [-0.2, 0) is 0 Å². The Kier molecular flexibility index (Phi) is 2.16. The summed E-state index contributed by atoms with van der Waals surface area (Å²) in [5.74, 6) is -0.231. The molecule has 0 fully saturated rings. The van der Waals surface area contributed by atoms with Crippen molar-refractivity contribution in [3.63, 3.8) is 0 Å². The quantitative estimate of drug-likeness (QED) is 0.597. The standard InChI is InChI=1S/C12H17NO/c1-12(2)9-6-4-3-5-8(9)11(14)10(12)7-13/h10-11,14H,3-6H2,1-2H3. The average Bonchev–Trinajstić information content (AvgIpc) is 2.36. The highest BCUT2D eigenvalue weighted by molar-refractivity contribution is 5.37. The first-order chi connectivity index (χ1) is 6.59. The Bertz CT molecular complexity index is 322. The number of hydrogen-bond acceptors (Lipinski definition) is 2. The summed E-state index contributed by atoms with van der Waals surface area (Å²) in [5.41, 5.74) is 2.43. The molecule has 0 aromatic carbocycles. The number of aliphatic hydroxyl groups is 1. The van der Waals surface area contributed by atoms with E-state index in [-0.39, 0.29) is 11.3 Å². The van der Waals surface area contributed by atoms with Crippen molar-refractivity contribution in [2.24, 2.45) is 11.3 Å². The van der Waals surface area contributed by atoms with E-state index in [4.69, 9.17) is 5.26 Å². The van der Waals surface area contributed by atoms with Crippen molar-refractivity contribution < 1.29 is 5.11 Å². The summed E-state index contributed by atoms with van der Waals surface area (Å²) in [4.78, 5) is 0. The van der Waals surface area contributed by atoms with Crippen LogP contribution in [0.2, 0.25) is 0 Å². The van der Waals surface area contributed by atoms with E-state index in [1.54, 1.807) is 0 Å². The lowest BCUT2D eigenvalue weighted by Crippen LogP contribution is -2.27. The smallest absolute Gasteiger partial charge is 0.0919 e. The number of aliphatic hydroxyl groups excluding tert-OH is 1. The molecule has 2 unspecified atom stereocenters. The normalized spacial score (nSPS) is 35.3. The zero-order valence-electron chi connectivity index (χ0n) is 8.88. The molecule has 0 heterocycles. The Labute approximate surface area is 85.2 Å². The Hall–Kier alpha value is -0.810. The van der Waals surface area contributed by atoms with Gasteiger partial charge in [-0.1, -0.05) is 19.4 Å². The number of nitrogens with zero attached hydrogens (tertiary/aromatic N) is 1. The fraction of sp³-hybridized carbons (Fsp3) is 0.750. The van der Waals surface area contributed by atoms with Gasteiger partial charge in [0.15, 0.2) is 0 Å². The maximum Gasteiger partial charge on any atom is 0.0919 e. The lowest BCUT2D eigenvalue weighted by Gasteiger charge is -2.27. The molecule has 14 heavy (non-hydrogen) atoms. The van der Waals surface area contributed by atoms with E-state index in [1.807, 2.05) is 0 Å². The third-order valence-corrected chi connectivity index (χ3v) is 3.88.